The van der Waals surface area contributed by atoms with Crippen LogP contribution in [0.2, 0.25) is 0 Å². The number of hydrogen-bond acceptors (Lipinski definition) is 5. The molecule has 0 atom stereocenters. The summed E-state index contributed by atoms with van der Waals surface area (Å²) in [5.41, 5.74) is 1.01. The van der Waals surface area contributed by atoms with Gasteiger partial charge in [-0.1, -0.05) is 0 Å². The number of aromatic nitrogens is 2. The summed E-state index contributed by atoms with van der Waals surface area (Å²) in [4.78, 5) is 8.96. The number of aryl methyl sites for hydroxylation is 1. The van der Waals surface area contributed by atoms with E-state index in [0.717, 1.165) is 33.9 Å². The average Bonchev–Trinajstić information content (AvgIpc) is 2.35. The first-order valence-electron chi connectivity index (χ1n) is 6.02. The van der Waals surface area contributed by atoms with Crippen molar-refractivity contribution >= 4 is 28.4 Å². The molecule has 0 saturated carbocycles. The first kappa shape index (κ1) is 15.6. The Hall–Kier alpha value is -0.470. The van der Waals surface area contributed by atoms with Crippen LogP contribution in [-0.4, -0.2) is 43.4 Å². The van der Waals surface area contributed by atoms with E-state index in [1.54, 1.807) is 7.11 Å². The van der Waals surface area contributed by atoms with Crippen LogP contribution in [0.15, 0.2) is 0 Å². The van der Waals surface area contributed by atoms with Crippen LogP contribution in [0.4, 0.5) is 5.82 Å². The van der Waals surface area contributed by atoms with Crippen LogP contribution >= 0.6 is 22.6 Å². The number of methoxy groups -OCH3 is 1. The molecule has 5 nitrogen and oxygen atoms in total. The second kappa shape index (κ2) is 8.60. The number of halogens is 1. The molecule has 0 fully saturated rings. The van der Waals surface area contributed by atoms with Gasteiger partial charge in [0, 0.05) is 20.1 Å². The Kier molecular flexibility index (Phi) is 7.45. The second-order valence-corrected chi connectivity index (χ2v) is 4.85. The van der Waals surface area contributed by atoms with Gasteiger partial charge in [-0.05, 0) is 36.4 Å². The van der Waals surface area contributed by atoms with Crippen LogP contribution in [0.25, 0.3) is 0 Å². The number of rotatable bonds is 8. The summed E-state index contributed by atoms with van der Waals surface area (Å²) in [5, 5.41) is 3.25. The Morgan fingerprint density at radius 1 is 1.22 bits per heavy atom. The maximum atomic E-state index is 5.42. The fraction of sp³-hybridized carbons (Fsp3) is 0.667. The predicted molar refractivity (Wildman–Crippen MR) is 80.0 cm³/mol. The summed E-state index contributed by atoms with van der Waals surface area (Å²) >= 11 is 2.27. The van der Waals surface area contributed by atoms with Crippen molar-refractivity contribution in [1.29, 1.82) is 0 Å². The van der Waals surface area contributed by atoms with Crippen LogP contribution in [-0.2, 0) is 15.9 Å². The fourth-order valence-corrected chi connectivity index (χ4v) is 1.85. The van der Waals surface area contributed by atoms with E-state index < -0.39 is 0 Å². The van der Waals surface area contributed by atoms with Crippen LogP contribution in [0, 0.1) is 10.5 Å². The van der Waals surface area contributed by atoms with E-state index in [-0.39, 0.29) is 0 Å². The van der Waals surface area contributed by atoms with Gasteiger partial charge in [-0.2, -0.15) is 0 Å². The molecule has 1 N–H and O–H groups in total. The zero-order chi connectivity index (χ0) is 13.4. The van der Waals surface area contributed by atoms with Crippen LogP contribution in [0.3, 0.4) is 0 Å². The third-order valence-electron chi connectivity index (χ3n) is 2.31. The van der Waals surface area contributed by atoms with Gasteiger partial charge in [-0.3, -0.25) is 0 Å². The summed E-state index contributed by atoms with van der Waals surface area (Å²) in [6, 6.07) is 0. The van der Waals surface area contributed by atoms with Gasteiger partial charge in [0.1, 0.15) is 11.6 Å². The van der Waals surface area contributed by atoms with Crippen molar-refractivity contribution in [1.82, 2.24) is 9.97 Å². The molecule has 0 saturated heterocycles. The van der Waals surface area contributed by atoms with Crippen molar-refractivity contribution in [3.8, 4) is 0 Å². The smallest absolute Gasteiger partial charge is 0.143 e. The van der Waals surface area contributed by atoms with E-state index in [1.165, 1.54) is 0 Å². The van der Waals surface area contributed by atoms with Gasteiger partial charge in [-0.15, -0.1) is 0 Å². The van der Waals surface area contributed by atoms with E-state index in [4.69, 9.17) is 9.47 Å². The van der Waals surface area contributed by atoms with E-state index in [0.29, 0.717) is 19.8 Å². The Bertz CT molecular complexity index is 375. The van der Waals surface area contributed by atoms with Crippen molar-refractivity contribution in [3.63, 3.8) is 0 Å². The molecule has 1 aromatic heterocycles. The maximum Gasteiger partial charge on any atom is 0.143 e. The third kappa shape index (κ3) is 5.03. The largest absolute Gasteiger partial charge is 0.382 e. The molecule has 1 heterocycles. The molecule has 0 bridgehead atoms. The topological polar surface area (TPSA) is 56.3 Å². The number of anilines is 1. The lowest BCUT2D eigenvalue weighted by molar-refractivity contribution is 0.0716. The van der Waals surface area contributed by atoms with Gasteiger partial charge in [0.25, 0.3) is 0 Å². The lowest BCUT2D eigenvalue weighted by Gasteiger charge is -2.10. The van der Waals surface area contributed by atoms with E-state index in [9.17, 15) is 0 Å². The Morgan fingerprint density at radius 2 is 2.00 bits per heavy atom. The molecular weight excluding hydrogens is 345 g/mol. The Labute approximate surface area is 122 Å². The van der Waals surface area contributed by atoms with Gasteiger partial charge in [-0.25, -0.2) is 9.97 Å². The predicted octanol–water partition coefficient (Wildman–Crippen LogP) is 2.03. The van der Waals surface area contributed by atoms with Crippen molar-refractivity contribution < 1.29 is 9.47 Å². The zero-order valence-electron chi connectivity index (χ0n) is 11.1. The molecule has 0 aliphatic carbocycles. The van der Waals surface area contributed by atoms with Crippen LogP contribution in [0.1, 0.15) is 18.4 Å². The van der Waals surface area contributed by atoms with Gasteiger partial charge in [0.15, 0.2) is 0 Å². The third-order valence-corrected chi connectivity index (χ3v) is 3.60. The van der Waals surface area contributed by atoms with E-state index in [2.05, 4.69) is 44.8 Å². The molecule has 18 heavy (non-hydrogen) atoms. The minimum absolute atomic E-state index is 0.611. The molecule has 0 amide bonds. The molecule has 0 aliphatic heterocycles. The number of nitrogens with one attached hydrogen (secondary N) is 1. The molecule has 0 radical (unpaired) electrons. The van der Waals surface area contributed by atoms with Gasteiger partial charge >= 0.3 is 0 Å². The first-order chi connectivity index (χ1) is 8.69. The lowest BCUT2D eigenvalue weighted by Crippen LogP contribution is -2.11. The minimum atomic E-state index is 0.611. The van der Waals surface area contributed by atoms with Crippen molar-refractivity contribution in [2.45, 2.75) is 20.3 Å². The molecule has 0 aromatic carbocycles. The highest BCUT2D eigenvalue weighted by Crippen LogP contribution is 2.18. The van der Waals surface area contributed by atoms with E-state index in [1.807, 2.05) is 6.92 Å². The van der Waals surface area contributed by atoms with Gasteiger partial charge < -0.3 is 14.8 Å². The highest BCUT2D eigenvalue weighted by atomic mass is 127. The molecule has 102 valence electrons. The molecule has 0 unspecified atom stereocenters. The van der Waals surface area contributed by atoms with Crippen LogP contribution in [0.5, 0.6) is 0 Å². The van der Waals surface area contributed by atoms with Crippen molar-refractivity contribution in [2.75, 3.05) is 38.8 Å². The molecule has 1 rings (SSSR count). The van der Waals surface area contributed by atoms with E-state index >= 15 is 0 Å². The highest BCUT2D eigenvalue weighted by Gasteiger charge is 2.08. The SMILES string of the molecule is CCNc1nc(CCOCCOC)nc(C)c1I. The summed E-state index contributed by atoms with van der Waals surface area (Å²) in [6.45, 7) is 6.76. The molecule has 0 aliphatic rings. The first-order valence-corrected chi connectivity index (χ1v) is 7.10. The molecule has 1 aromatic rings. The van der Waals surface area contributed by atoms with Crippen molar-refractivity contribution in [2.24, 2.45) is 0 Å². The summed E-state index contributed by atoms with van der Waals surface area (Å²) < 4.78 is 11.4. The lowest BCUT2D eigenvalue weighted by atomic mass is 10.3. The minimum Gasteiger partial charge on any atom is -0.382 e. The highest BCUT2D eigenvalue weighted by molar-refractivity contribution is 14.1. The average molecular weight is 365 g/mol. The van der Waals surface area contributed by atoms with Gasteiger partial charge in [0.05, 0.1) is 29.1 Å². The number of hydrogen-bond donors (Lipinski definition) is 1. The monoisotopic (exact) mass is 365 g/mol. The Morgan fingerprint density at radius 3 is 2.67 bits per heavy atom. The molecule has 0 spiro atoms. The fourth-order valence-electron chi connectivity index (χ4n) is 1.42. The molecule has 6 heteroatoms. The summed E-state index contributed by atoms with van der Waals surface area (Å²) in [5.74, 6) is 1.73. The number of nitrogens with zero attached hydrogens (tertiary/aromatic N) is 2. The van der Waals surface area contributed by atoms with Gasteiger partial charge in [0.2, 0.25) is 0 Å². The summed E-state index contributed by atoms with van der Waals surface area (Å²) in [7, 11) is 1.66. The Balaban J connectivity index is 2.55. The standard InChI is InChI=1S/C12H20IN3O2/c1-4-14-12-11(13)9(2)15-10(16-12)5-6-18-8-7-17-3/h4-8H2,1-3H3,(H,14,15,16). The zero-order valence-corrected chi connectivity index (χ0v) is 13.3. The summed E-state index contributed by atoms with van der Waals surface area (Å²) in [6.07, 6.45) is 0.722. The quantitative estimate of drug-likeness (QED) is 0.564. The van der Waals surface area contributed by atoms with Crippen molar-refractivity contribution in [3.05, 3.63) is 15.1 Å². The van der Waals surface area contributed by atoms with Crippen LogP contribution < -0.4 is 5.32 Å². The number of ether oxygens (including phenoxy) is 2. The normalized spacial score (nSPS) is 10.7. The maximum absolute atomic E-state index is 5.42. The second-order valence-electron chi connectivity index (χ2n) is 3.77. The molecular formula is C12H20IN3O2.